The fraction of sp³-hybridized carbons (Fsp3) is 0.250. The predicted octanol–water partition coefficient (Wildman–Crippen LogP) is 6.22. The van der Waals surface area contributed by atoms with Gasteiger partial charge in [-0.15, -0.1) is 0 Å². The fourth-order valence-corrected chi connectivity index (χ4v) is 4.44. The van der Waals surface area contributed by atoms with E-state index in [4.69, 9.17) is 26.3 Å². The number of ether oxygens (including phenoxy) is 1. The standard InChI is InChI=1S/C28H28ClN3O2/c1-5-23-31-26-18(3)16-19(4)30-27(26)32(23)17-20-12-14-22(15-13-20)24(21-10-8-7-9-11-21)25(29)28(33)34-6-2/h7-16H,5-6,17H2,1-4H3/b25-24+. The minimum atomic E-state index is -0.526. The van der Waals surface area contributed by atoms with Crippen molar-refractivity contribution in [1.29, 1.82) is 0 Å². The Morgan fingerprint density at radius 3 is 2.29 bits per heavy atom. The minimum Gasteiger partial charge on any atom is -0.462 e. The number of nitrogens with zero attached hydrogens (tertiary/aromatic N) is 3. The number of aromatic nitrogens is 3. The highest BCUT2D eigenvalue weighted by atomic mass is 35.5. The number of imidazole rings is 1. The normalized spacial score (nSPS) is 12.0. The van der Waals surface area contributed by atoms with Crippen molar-refractivity contribution in [2.45, 2.75) is 40.7 Å². The third-order valence-electron chi connectivity index (χ3n) is 5.74. The van der Waals surface area contributed by atoms with Gasteiger partial charge in [0.15, 0.2) is 5.65 Å². The van der Waals surface area contributed by atoms with Crippen LogP contribution in [0.1, 0.15) is 47.6 Å². The van der Waals surface area contributed by atoms with Gasteiger partial charge in [0.1, 0.15) is 16.4 Å². The molecule has 0 fully saturated rings. The summed E-state index contributed by atoms with van der Waals surface area (Å²) >= 11 is 6.52. The molecule has 0 bridgehead atoms. The second-order valence-corrected chi connectivity index (χ2v) is 8.57. The number of carbonyl (C=O) groups is 1. The maximum Gasteiger partial charge on any atom is 0.350 e. The third kappa shape index (κ3) is 4.75. The molecule has 0 amide bonds. The van der Waals surface area contributed by atoms with Gasteiger partial charge in [-0.05, 0) is 49.1 Å². The molecular formula is C28H28ClN3O2. The number of carbonyl (C=O) groups excluding carboxylic acids is 1. The van der Waals surface area contributed by atoms with Gasteiger partial charge < -0.3 is 9.30 Å². The summed E-state index contributed by atoms with van der Waals surface area (Å²) in [7, 11) is 0. The Balaban J connectivity index is 1.73. The molecule has 0 saturated heterocycles. The Kier molecular flexibility index (Phi) is 7.13. The van der Waals surface area contributed by atoms with Crippen LogP contribution in [0, 0.1) is 13.8 Å². The number of fused-ring (bicyclic) bond motifs is 1. The Hall–Kier alpha value is -3.44. The minimum absolute atomic E-state index is 0.0739. The zero-order valence-electron chi connectivity index (χ0n) is 19.9. The largest absolute Gasteiger partial charge is 0.462 e. The van der Waals surface area contributed by atoms with Crippen LogP contribution < -0.4 is 0 Å². The van der Waals surface area contributed by atoms with Crippen molar-refractivity contribution in [1.82, 2.24) is 14.5 Å². The maximum atomic E-state index is 12.4. The highest BCUT2D eigenvalue weighted by Gasteiger charge is 2.18. The Bertz CT molecular complexity index is 1360. The summed E-state index contributed by atoms with van der Waals surface area (Å²) in [5.74, 6) is 0.483. The molecule has 2 aromatic carbocycles. The highest BCUT2D eigenvalue weighted by Crippen LogP contribution is 2.30. The maximum absolute atomic E-state index is 12.4. The van der Waals surface area contributed by atoms with E-state index in [0.29, 0.717) is 12.1 Å². The number of hydrogen-bond acceptors (Lipinski definition) is 4. The average Bonchev–Trinajstić information content (AvgIpc) is 3.18. The summed E-state index contributed by atoms with van der Waals surface area (Å²) in [6.07, 6.45) is 0.822. The molecule has 5 nitrogen and oxygen atoms in total. The zero-order valence-corrected chi connectivity index (χ0v) is 20.7. The van der Waals surface area contributed by atoms with Crippen LogP contribution in [0.25, 0.3) is 16.7 Å². The molecule has 0 aliphatic carbocycles. The average molecular weight is 474 g/mol. The number of pyridine rings is 1. The van der Waals surface area contributed by atoms with Crippen LogP contribution in [0.2, 0.25) is 0 Å². The van der Waals surface area contributed by atoms with Gasteiger partial charge in [0.2, 0.25) is 0 Å². The summed E-state index contributed by atoms with van der Waals surface area (Å²) in [5.41, 5.74) is 7.46. The highest BCUT2D eigenvalue weighted by molar-refractivity contribution is 6.45. The first-order chi connectivity index (χ1) is 16.4. The first kappa shape index (κ1) is 23.7. The zero-order chi connectivity index (χ0) is 24.2. The third-order valence-corrected chi connectivity index (χ3v) is 6.08. The van der Waals surface area contributed by atoms with E-state index in [9.17, 15) is 4.79 Å². The Morgan fingerprint density at radius 1 is 0.971 bits per heavy atom. The SMILES string of the molecule is CCOC(=O)/C(Cl)=C(/c1ccccc1)c1ccc(Cn2c(CC)nc3c(C)cc(C)nc32)cc1. The van der Waals surface area contributed by atoms with Gasteiger partial charge in [-0.1, -0.05) is 73.1 Å². The lowest BCUT2D eigenvalue weighted by atomic mass is 9.96. The number of benzene rings is 2. The van der Waals surface area contributed by atoms with Crippen molar-refractivity contribution < 1.29 is 9.53 Å². The molecule has 4 aromatic rings. The first-order valence-corrected chi connectivity index (χ1v) is 11.9. The van der Waals surface area contributed by atoms with Crippen molar-refractivity contribution in [2.24, 2.45) is 0 Å². The summed E-state index contributed by atoms with van der Waals surface area (Å²) in [6, 6.07) is 19.8. The van der Waals surface area contributed by atoms with Crippen molar-refractivity contribution in [3.63, 3.8) is 0 Å². The molecule has 0 radical (unpaired) electrons. The van der Waals surface area contributed by atoms with Gasteiger partial charge in [0.25, 0.3) is 0 Å². The Morgan fingerprint density at radius 2 is 1.65 bits per heavy atom. The predicted molar refractivity (Wildman–Crippen MR) is 137 cm³/mol. The molecule has 2 heterocycles. The van der Waals surface area contributed by atoms with Crippen LogP contribution in [-0.4, -0.2) is 27.1 Å². The molecular weight excluding hydrogens is 446 g/mol. The van der Waals surface area contributed by atoms with Crippen LogP contribution >= 0.6 is 11.6 Å². The van der Waals surface area contributed by atoms with Gasteiger partial charge in [0, 0.05) is 17.7 Å². The molecule has 0 aliphatic heterocycles. The van der Waals surface area contributed by atoms with Gasteiger partial charge >= 0.3 is 5.97 Å². The van der Waals surface area contributed by atoms with E-state index in [1.807, 2.05) is 49.4 Å². The fourth-order valence-electron chi connectivity index (χ4n) is 4.17. The van der Waals surface area contributed by atoms with Gasteiger partial charge in [-0.25, -0.2) is 14.8 Å². The number of rotatable bonds is 7. The lowest BCUT2D eigenvalue weighted by molar-refractivity contribution is -0.137. The van der Waals surface area contributed by atoms with E-state index in [0.717, 1.165) is 51.4 Å². The van der Waals surface area contributed by atoms with E-state index in [-0.39, 0.29) is 11.6 Å². The summed E-state index contributed by atoms with van der Waals surface area (Å²) in [6.45, 7) is 8.88. The smallest absolute Gasteiger partial charge is 0.350 e. The number of halogens is 1. The lowest BCUT2D eigenvalue weighted by Crippen LogP contribution is -2.07. The van der Waals surface area contributed by atoms with Crippen molar-refractivity contribution in [3.05, 3.63) is 99.5 Å². The molecule has 0 spiro atoms. The topological polar surface area (TPSA) is 57.0 Å². The van der Waals surface area contributed by atoms with Crippen molar-refractivity contribution in [3.8, 4) is 0 Å². The number of esters is 1. The summed E-state index contributed by atoms with van der Waals surface area (Å²) in [5, 5.41) is 0.0739. The summed E-state index contributed by atoms with van der Waals surface area (Å²) < 4.78 is 7.35. The molecule has 0 aliphatic rings. The van der Waals surface area contributed by atoms with Crippen LogP contribution in [0.3, 0.4) is 0 Å². The number of hydrogen-bond donors (Lipinski definition) is 0. The molecule has 0 N–H and O–H groups in total. The lowest BCUT2D eigenvalue weighted by Gasteiger charge is -2.13. The van der Waals surface area contributed by atoms with Crippen LogP contribution in [0.15, 0.2) is 65.7 Å². The molecule has 0 atom stereocenters. The van der Waals surface area contributed by atoms with E-state index in [1.54, 1.807) is 6.92 Å². The van der Waals surface area contributed by atoms with Gasteiger partial charge in [-0.2, -0.15) is 0 Å². The molecule has 0 unspecified atom stereocenters. The molecule has 34 heavy (non-hydrogen) atoms. The van der Waals surface area contributed by atoms with E-state index < -0.39 is 5.97 Å². The van der Waals surface area contributed by atoms with E-state index in [1.165, 1.54) is 0 Å². The summed E-state index contributed by atoms with van der Waals surface area (Å²) in [4.78, 5) is 22.0. The molecule has 2 aromatic heterocycles. The second kappa shape index (κ2) is 10.2. The second-order valence-electron chi connectivity index (χ2n) is 8.19. The molecule has 0 saturated carbocycles. The quantitative estimate of drug-likeness (QED) is 0.236. The Labute approximate surface area is 205 Å². The monoisotopic (exact) mass is 473 g/mol. The van der Waals surface area contributed by atoms with E-state index >= 15 is 0 Å². The van der Waals surface area contributed by atoms with Crippen LogP contribution in [0.4, 0.5) is 0 Å². The van der Waals surface area contributed by atoms with Gasteiger partial charge in [0.05, 0.1) is 13.2 Å². The van der Waals surface area contributed by atoms with Crippen molar-refractivity contribution >= 4 is 34.3 Å². The van der Waals surface area contributed by atoms with Crippen LogP contribution in [0.5, 0.6) is 0 Å². The molecule has 6 heteroatoms. The van der Waals surface area contributed by atoms with Crippen LogP contribution in [-0.2, 0) is 22.5 Å². The van der Waals surface area contributed by atoms with Gasteiger partial charge in [-0.3, -0.25) is 0 Å². The van der Waals surface area contributed by atoms with Crippen molar-refractivity contribution in [2.75, 3.05) is 6.61 Å². The van der Waals surface area contributed by atoms with E-state index in [2.05, 4.69) is 36.6 Å². The molecule has 174 valence electrons. The number of aryl methyl sites for hydroxylation is 3. The molecule has 4 rings (SSSR count). The first-order valence-electron chi connectivity index (χ1n) is 11.5.